The quantitative estimate of drug-likeness (QED) is 0.875. The van der Waals surface area contributed by atoms with Gasteiger partial charge < -0.3 is 14.7 Å². The number of benzene rings is 1. The smallest absolute Gasteiger partial charge is 0.407 e. The highest BCUT2D eigenvalue weighted by Gasteiger charge is 2.10. The molecule has 0 saturated carbocycles. The zero-order valence-electron chi connectivity index (χ0n) is 11.4. The van der Waals surface area contributed by atoms with Crippen LogP contribution in [0, 0.1) is 0 Å². The molecule has 18 heavy (non-hydrogen) atoms. The van der Waals surface area contributed by atoms with Crippen molar-refractivity contribution in [3.63, 3.8) is 0 Å². The summed E-state index contributed by atoms with van der Waals surface area (Å²) >= 11 is 0. The molecule has 0 heterocycles. The molecule has 4 heteroatoms. The van der Waals surface area contributed by atoms with Crippen molar-refractivity contribution in [3.05, 3.63) is 29.3 Å². The average Bonchev–Trinajstić information content (AvgIpc) is 2.35. The number of carbonyl (C=O) groups is 1. The molecule has 0 atom stereocenters. The second-order valence-corrected chi connectivity index (χ2v) is 4.68. The van der Waals surface area contributed by atoms with Crippen molar-refractivity contribution in [2.75, 3.05) is 20.7 Å². The molecule has 1 aromatic rings. The van der Waals surface area contributed by atoms with Crippen molar-refractivity contribution in [3.8, 4) is 5.75 Å². The van der Waals surface area contributed by atoms with E-state index in [2.05, 4.69) is 19.9 Å². The van der Waals surface area contributed by atoms with Gasteiger partial charge >= 0.3 is 6.09 Å². The van der Waals surface area contributed by atoms with E-state index in [1.807, 2.05) is 12.1 Å². The van der Waals surface area contributed by atoms with E-state index in [0.29, 0.717) is 18.9 Å². The summed E-state index contributed by atoms with van der Waals surface area (Å²) in [7, 11) is 3.21. The summed E-state index contributed by atoms with van der Waals surface area (Å²) < 4.78 is 5.36. The Morgan fingerprint density at radius 2 is 2.11 bits per heavy atom. The Kier molecular flexibility index (Phi) is 5.01. The third kappa shape index (κ3) is 3.65. The Hall–Kier alpha value is -1.71. The van der Waals surface area contributed by atoms with E-state index in [1.165, 1.54) is 10.5 Å². The van der Waals surface area contributed by atoms with Crippen molar-refractivity contribution in [1.82, 2.24) is 4.90 Å². The molecule has 0 aromatic heterocycles. The molecule has 4 nitrogen and oxygen atoms in total. The Balaban J connectivity index is 2.80. The first-order valence-electron chi connectivity index (χ1n) is 6.06. The molecule has 0 spiro atoms. The van der Waals surface area contributed by atoms with Gasteiger partial charge in [-0.1, -0.05) is 26.0 Å². The number of hydrogen-bond donors (Lipinski definition) is 1. The summed E-state index contributed by atoms with van der Waals surface area (Å²) in [6.45, 7) is 4.73. The monoisotopic (exact) mass is 251 g/mol. The van der Waals surface area contributed by atoms with Gasteiger partial charge in [0.15, 0.2) is 0 Å². The minimum absolute atomic E-state index is 0.453. The molecule has 1 amide bonds. The van der Waals surface area contributed by atoms with Crippen LogP contribution in [0.5, 0.6) is 5.75 Å². The fourth-order valence-electron chi connectivity index (χ4n) is 1.71. The van der Waals surface area contributed by atoms with E-state index in [-0.39, 0.29) is 0 Å². The molecular weight excluding hydrogens is 230 g/mol. The predicted molar refractivity (Wildman–Crippen MR) is 71.4 cm³/mol. The zero-order chi connectivity index (χ0) is 13.7. The van der Waals surface area contributed by atoms with E-state index in [9.17, 15) is 4.79 Å². The van der Waals surface area contributed by atoms with Gasteiger partial charge in [0.05, 0.1) is 7.11 Å². The normalized spacial score (nSPS) is 10.5. The first-order chi connectivity index (χ1) is 8.45. The summed E-state index contributed by atoms with van der Waals surface area (Å²) in [5.41, 5.74) is 2.26. The van der Waals surface area contributed by atoms with Gasteiger partial charge in [-0.2, -0.15) is 0 Å². The summed E-state index contributed by atoms with van der Waals surface area (Å²) in [6, 6.07) is 6.12. The highest BCUT2D eigenvalue weighted by Crippen LogP contribution is 2.25. The molecule has 0 aliphatic heterocycles. The highest BCUT2D eigenvalue weighted by atomic mass is 16.5. The molecule has 0 aliphatic carbocycles. The van der Waals surface area contributed by atoms with E-state index < -0.39 is 6.09 Å². The Labute approximate surface area is 108 Å². The van der Waals surface area contributed by atoms with Crippen LogP contribution in [0.1, 0.15) is 30.9 Å². The maximum absolute atomic E-state index is 10.7. The van der Waals surface area contributed by atoms with E-state index in [1.54, 1.807) is 14.2 Å². The molecule has 0 saturated heterocycles. The van der Waals surface area contributed by atoms with Crippen LogP contribution in [-0.2, 0) is 6.42 Å². The molecule has 1 rings (SSSR count). The second-order valence-electron chi connectivity index (χ2n) is 4.68. The number of rotatable bonds is 5. The van der Waals surface area contributed by atoms with Gasteiger partial charge in [-0.05, 0) is 29.5 Å². The van der Waals surface area contributed by atoms with E-state index in [4.69, 9.17) is 9.84 Å². The van der Waals surface area contributed by atoms with Crippen molar-refractivity contribution < 1.29 is 14.6 Å². The van der Waals surface area contributed by atoms with Crippen molar-refractivity contribution in [2.24, 2.45) is 0 Å². The van der Waals surface area contributed by atoms with Gasteiger partial charge in [-0.3, -0.25) is 0 Å². The summed E-state index contributed by atoms with van der Waals surface area (Å²) in [5, 5.41) is 8.80. The van der Waals surface area contributed by atoms with Gasteiger partial charge in [-0.15, -0.1) is 0 Å². The molecule has 1 aromatic carbocycles. The van der Waals surface area contributed by atoms with E-state index >= 15 is 0 Å². The van der Waals surface area contributed by atoms with Crippen LogP contribution < -0.4 is 4.74 Å². The van der Waals surface area contributed by atoms with Crippen LogP contribution >= 0.6 is 0 Å². The maximum atomic E-state index is 10.7. The number of nitrogens with zero attached hydrogens (tertiary/aromatic N) is 1. The predicted octanol–water partition coefficient (Wildman–Crippen LogP) is 2.97. The minimum atomic E-state index is -0.909. The first-order valence-corrected chi connectivity index (χ1v) is 6.06. The Morgan fingerprint density at radius 1 is 1.44 bits per heavy atom. The van der Waals surface area contributed by atoms with Gasteiger partial charge in [0.25, 0.3) is 0 Å². The van der Waals surface area contributed by atoms with Crippen molar-refractivity contribution in [1.29, 1.82) is 0 Å². The largest absolute Gasteiger partial charge is 0.496 e. The number of carboxylic acid groups (broad SMARTS) is 1. The van der Waals surface area contributed by atoms with Crippen LogP contribution in [0.3, 0.4) is 0 Å². The SMILES string of the molecule is COc1cc(C(C)C)ccc1CCN(C)C(=O)O. The molecule has 0 unspecified atom stereocenters. The topological polar surface area (TPSA) is 49.8 Å². The number of likely N-dealkylation sites (N-methyl/N-ethyl adjacent to an activating group) is 1. The molecule has 0 aliphatic rings. The second kappa shape index (κ2) is 6.28. The fraction of sp³-hybridized carbons (Fsp3) is 0.500. The molecule has 0 radical (unpaired) electrons. The third-order valence-corrected chi connectivity index (χ3v) is 3.02. The highest BCUT2D eigenvalue weighted by molar-refractivity contribution is 5.64. The fourth-order valence-corrected chi connectivity index (χ4v) is 1.71. The van der Waals surface area contributed by atoms with E-state index in [0.717, 1.165) is 11.3 Å². The molecule has 100 valence electrons. The lowest BCUT2D eigenvalue weighted by Crippen LogP contribution is -2.26. The van der Waals surface area contributed by atoms with Gasteiger partial charge in [-0.25, -0.2) is 4.79 Å². The molecular formula is C14H21NO3. The van der Waals surface area contributed by atoms with Crippen LogP contribution in [0.4, 0.5) is 4.79 Å². The molecule has 0 bridgehead atoms. The summed E-state index contributed by atoms with van der Waals surface area (Å²) in [6.07, 6.45) is -0.252. The number of methoxy groups -OCH3 is 1. The number of ether oxygens (including phenoxy) is 1. The van der Waals surface area contributed by atoms with Crippen molar-refractivity contribution >= 4 is 6.09 Å². The van der Waals surface area contributed by atoms with Gasteiger partial charge in [0.2, 0.25) is 0 Å². The van der Waals surface area contributed by atoms with Crippen LogP contribution in [0.15, 0.2) is 18.2 Å². The first kappa shape index (κ1) is 14.4. The van der Waals surface area contributed by atoms with Gasteiger partial charge in [0, 0.05) is 13.6 Å². The third-order valence-electron chi connectivity index (χ3n) is 3.02. The Morgan fingerprint density at radius 3 is 2.61 bits per heavy atom. The number of hydrogen-bond acceptors (Lipinski definition) is 2. The van der Waals surface area contributed by atoms with Crippen LogP contribution in [0.25, 0.3) is 0 Å². The Bertz CT molecular complexity index is 416. The standard InChI is InChI=1S/C14H21NO3/c1-10(2)12-6-5-11(13(9-12)18-4)7-8-15(3)14(16)17/h5-6,9-10H,7-8H2,1-4H3,(H,16,17). The lowest BCUT2D eigenvalue weighted by atomic mass is 10.00. The molecule has 0 fully saturated rings. The summed E-state index contributed by atoms with van der Waals surface area (Å²) in [5.74, 6) is 1.29. The lowest BCUT2D eigenvalue weighted by Gasteiger charge is -2.16. The average molecular weight is 251 g/mol. The lowest BCUT2D eigenvalue weighted by molar-refractivity contribution is 0.156. The molecule has 1 N–H and O–H groups in total. The maximum Gasteiger partial charge on any atom is 0.407 e. The zero-order valence-corrected chi connectivity index (χ0v) is 11.4. The summed E-state index contributed by atoms with van der Waals surface area (Å²) in [4.78, 5) is 12.0. The van der Waals surface area contributed by atoms with Crippen molar-refractivity contribution in [2.45, 2.75) is 26.2 Å². The van der Waals surface area contributed by atoms with Gasteiger partial charge in [0.1, 0.15) is 5.75 Å². The minimum Gasteiger partial charge on any atom is -0.496 e. The van der Waals surface area contributed by atoms with Crippen LogP contribution in [-0.4, -0.2) is 36.8 Å². The van der Waals surface area contributed by atoms with Crippen LogP contribution in [0.2, 0.25) is 0 Å². The number of amides is 1.